The molecule has 0 atom stereocenters. The maximum atomic E-state index is 4.94. The molecule has 3 aliphatic rings. The van der Waals surface area contributed by atoms with E-state index in [0.717, 1.165) is 19.6 Å². The van der Waals surface area contributed by atoms with Crippen LogP contribution in [0.1, 0.15) is 19.3 Å². The molecule has 90 valence electrons. The molecule has 0 aromatic heterocycles. The quantitative estimate of drug-likeness (QED) is 0.746. The topological polar surface area (TPSA) is 9.23 Å². The summed E-state index contributed by atoms with van der Waals surface area (Å²) in [5.74, 6) is 2.80. The summed E-state index contributed by atoms with van der Waals surface area (Å²) in [6.07, 6.45) is 20.6. The van der Waals surface area contributed by atoms with Crippen LogP contribution in [0.4, 0.5) is 0 Å². The molecule has 17 heavy (non-hydrogen) atoms. The molecule has 0 unspecified atom stereocenters. The van der Waals surface area contributed by atoms with E-state index in [1.54, 1.807) is 0 Å². The molecule has 3 fully saturated rings. The summed E-state index contributed by atoms with van der Waals surface area (Å²) in [5, 5.41) is 0. The van der Waals surface area contributed by atoms with Gasteiger partial charge in [-0.15, -0.1) is 0 Å². The van der Waals surface area contributed by atoms with Gasteiger partial charge in [0.15, 0.2) is 0 Å². The Morgan fingerprint density at radius 2 is 1.18 bits per heavy atom. The van der Waals surface area contributed by atoms with Gasteiger partial charge in [0.25, 0.3) is 0 Å². The van der Waals surface area contributed by atoms with Gasteiger partial charge in [-0.05, 0) is 82.5 Å². The molecular formula is C15H18CrO. The van der Waals surface area contributed by atoms with Crippen LogP contribution in [0.3, 0.4) is 0 Å². The van der Waals surface area contributed by atoms with Crippen molar-refractivity contribution >= 4 is 0 Å². The smallest absolute Gasteiger partial charge is 0.0466 e. The van der Waals surface area contributed by atoms with Gasteiger partial charge < -0.3 is 4.74 Å². The Bertz CT molecular complexity index is 146. The molecule has 3 rings (SSSR count). The summed E-state index contributed by atoms with van der Waals surface area (Å²) in [7, 11) is 0. The fourth-order valence-electron chi connectivity index (χ4n) is 1.81. The van der Waals surface area contributed by atoms with Gasteiger partial charge in [0.1, 0.15) is 0 Å². The third-order valence-electron chi connectivity index (χ3n) is 2.70. The first-order chi connectivity index (χ1) is 7.95. The molecule has 1 aliphatic heterocycles. The number of hydrogen-bond acceptors (Lipinski definition) is 1. The minimum absolute atomic E-state index is 0. The minimum atomic E-state index is 0. The predicted molar refractivity (Wildman–Crippen MR) is 65.6 cm³/mol. The zero-order chi connectivity index (χ0) is 11.1. The molecule has 1 nitrogen and oxygen atoms in total. The average Bonchev–Trinajstić information content (AvgIpc) is 3.05. The number of hydrogen-bond donors (Lipinski definition) is 0. The van der Waals surface area contributed by atoms with Crippen molar-refractivity contribution in [3.8, 4) is 0 Å². The summed E-state index contributed by atoms with van der Waals surface area (Å²) in [4.78, 5) is 0. The van der Waals surface area contributed by atoms with Gasteiger partial charge in [-0.3, -0.25) is 0 Å². The molecule has 0 amide bonds. The van der Waals surface area contributed by atoms with Crippen molar-refractivity contribution in [2.24, 2.45) is 0 Å². The monoisotopic (exact) mass is 266 g/mol. The predicted octanol–water partition coefficient (Wildman–Crippen LogP) is 2.98. The van der Waals surface area contributed by atoms with Crippen LogP contribution in [0.25, 0.3) is 0 Å². The van der Waals surface area contributed by atoms with Crippen molar-refractivity contribution in [3.05, 3.63) is 63.2 Å². The molecule has 2 heteroatoms. The van der Waals surface area contributed by atoms with Gasteiger partial charge in [0.2, 0.25) is 0 Å². The first kappa shape index (κ1) is 15.5. The zero-order valence-electron chi connectivity index (χ0n) is 9.97. The van der Waals surface area contributed by atoms with E-state index < -0.39 is 0 Å². The largest absolute Gasteiger partial charge is 0.381 e. The number of rotatable bonds is 2. The van der Waals surface area contributed by atoms with Crippen LogP contribution in [0.2, 0.25) is 0 Å². The van der Waals surface area contributed by atoms with E-state index in [4.69, 9.17) is 4.74 Å². The standard InChI is InChI=1S/C11H10.C4H8O.Cr/c1-2-6-10(5-1)9-11-7-3-4-8-11;1-2-4-5-3-1;/h1-8H,9H2;1-4H2;. The molecule has 0 N–H and O–H groups in total. The molecule has 2 saturated carbocycles. The number of ether oxygens (including phenoxy) is 1. The Morgan fingerprint density at radius 3 is 1.47 bits per heavy atom. The van der Waals surface area contributed by atoms with Gasteiger partial charge in [-0.1, -0.05) is 0 Å². The van der Waals surface area contributed by atoms with Crippen molar-refractivity contribution < 1.29 is 22.1 Å². The average molecular weight is 266 g/mol. The molecule has 2 aliphatic carbocycles. The fraction of sp³-hybridized carbons (Fsp3) is 0.333. The van der Waals surface area contributed by atoms with Crippen LogP contribution in [-0.4, -0.2) is 13.2 Å². The fourth-order valence-corrected chi connectivity index (χ4v) is 1.81. The van der Waals surface area contributed by atoms with E-state index in [1.165, 1.54) is 24.7 Å². The van der Waals surface area contributed by atoms with Gasteiger partial charge >= 0.3 is 0 Å². The van der Waals surface area contributed by atoms with Crippen molar-refractivity contribution in [1.82, 2.24) is 0 Å². The molecule has 0 bridgehead atoms. The van der Waals surface area contributed by atoms with Gasteiger partial charge in [0, 0.05) is 30.6 Å². The molecule has 0 aromatic carbocycles. The molecule has 0 spiro atoms. The molecular weight excluding hydrogens is 248 g/mol. The normalized spacial score (nSPS) is 25.4. The van der Waals surface area contributed by atoms with Crippen molar-refractivity contribution in [1.29, 1.82) is 0 Å². The molecule has 1 heterocycles. The van der Waals surface area contributed by atoms with Crippen LogP contribution in [0, 0.1) is 63.2 Å². The van der Waals surface area contributed by atoms with Gasteiger partial charge in [0.05, 0.1) is 0 Å². The summed E-state index contributed by atoms with van der Waals surface area (Å²) in [5.41, 5.74) is 0. The van der Waals surface area contributed by atoms with Gasteiger partial charge in [-0.25, -0.2) is 0 Å². The van der Waals surface area contributed by atoms with E-state index in [2.05, 4.69) is 51.4 Å². The first-order valence-electron chi connectivity index (χ1n) is 5.94. The zero-order valence-corrected chi connectivity index (χ0v) is 11.2. The Morgan fingerprint density at radius 1 is 0.765 bits per heavy atom. The van der Waals surface area contributed by atoms with Crippen LogP contribution >= 0.6 is 0 Å². The maximum Gasteiger partial charge on any atom is 0.0466 e. The second kappa shape index (κ2) is 9.43. The van der Waals surface area contributed by atoms with E-state index in [9.17, 15) is 0 Å². The Hall–Kier alpha value is 0.492. The van der Waals surface area contributed by atoms with E-state index in [-0.39, 0.29) is 17.4 Å². The van der Waals surface area contributed by atoms with Crippen molar-refractivity contribution in [2.45, 2.75) is 19.3 Å². The summed E-state index contributed by atoms with van der Waals surface area (Å²) in [6.45, 7) is 2.00. The molecule has 0 aromatic rings. The summed E-state index contributed by atoms with van der Waals surface area (Å²) >= 11 is 0. The second-order valence-corrected chi connectivity index (χ2v) is 4.08. The van der Waals surface area contributed by atoms with Gasteiger partial charge in [-0.2, -0.15) is 0 Å². The van der Waals surface area contributed by atoms with Crippen LogP contribution in [-0.2, 0) is 22.1 Å². The van der Waals surface area contributed by atoms with E-state index in [1.807, 2.05) is 0 Å². The summed E-state index contributed by atoms with van der Waals surface area (Å²) in [6, 6.07) is 0. The SMILES string of the molecule is C1CCOC1.[CH]1[CH][CH][C](C[C]2[CH][CH][CH][CH]2)[CH]1.[Cr]. The van der Waals surface area contributed by atoms with E-state index in [0.29, 0.717) is 0 Å². The Labute approximate surface area is 118 Å². The molecule has 10 radical (unpaired) electrons. The first-order valence-corrected chi connectivity index (χ1v) is 5.94. The van der Waals surface area contributed by atoms with Crippen LogP contribution < -0.4 is 0 Å². The third kappa shape index (κ3) is 6.28. The van der Waals surface area contributed by atoms with Crippen molar-refractivity contribution in [3.63, 3.8) is 0 Å². The third-order valence-corrected chi connectivity index (χ3v) is 2.70. The summed E-state index contributed by atoms with van der Waals surface area (Å²) < 4.78 is 4.94. The van der Waals surface area contributed by atoms with Crippen molar-refractivity contribution in [2.75, 3.05) is 13.2 Å². The Balaban J connectivity index is 0.000000205. The second-order valence-electron chi connectivity index (χ2n) is 4.08. The van der Waals surface area contributed by atoms with Crippen LogP contribution in [0.15, 0.2) is 0 Å². The molecule has 1 saturated heterocycles. The van der Waals surface area contributed by atoms with Crippen LogP contribution in [0.5, 0.6) is 0 Å². The minimum Gasteiger partial charge on any atom is -0.381 e. The maximum absolute atomic E-state index is 4.94. The van der Waals surface area contributed by atoms with E-state index >= 15 is 0 Å². The Kier molecular flexibility index (Phi) is 8.62.